The van der Waals surface area contributed by atoms with Crippen molar-refractivity contribution in [1.82, 2.24) is 5.32 Å². The number of carboxylic acids is 1. The highest BCUT2D eigenvalue weighted by Crippen LogP contribution is 2.15. The number of methoxy groups -OCH3 is 1. The fraction of sp³-hybridized carbons (Fsp3) is 0.333. The van der Waals surface area contributed by atoms with Crippen LogP contribution in [0.15, 0.2) is 24.3 Å². The summed E-state index contributed by atoms with van der Waals surface area (Å²) in [6.07, 6.45) is -1.07. The van der Waals surface area contributed by atoms with Crippen molar-refractivity contribution in [2.24, 2.45) is 0 Å². The van der Waals surface area contributed by atoms with Crippen molar-refractivity contribution in [2.75, 3.05) is 20.3 Å². The lowest BCUT2D eigenvalue weighted by Gasteiger charge is -2.12. The van der Waals surface area contributed by atoms with Crippen LogP contribution in [0.25, 0.3) is 0 Å². The topological polar surface area (TPSA) is 84.9 Å². The number of hydrogen-bond acceptors (Lipinski definition) is 4. The molecule has 0 aliphatic heterocycles. The summed E-state index contributed by atoms with van der Waals surface area (Å²) in [4.78, 5) is 22.0. The second-order valence-corrected chi connectivity index (χ2v) is 4.05. The van der Waals surface area contributed by atoms with E-state index in [1.54, 1.807) is 24.3 Å². The first-order valence-electron chi connectivity index (χ1n) is 5.43. The van der Waals surface area contributed by atoms with Gasteiger partial charge in [0.15, 0.2) is 12.7 Å². The van der Waals surface area contributed by atoms with E-state index >= 15 is 0 Å². The zero-order valence-electron chi connectivity index (χ0n) is 10.3. The first-order valence-corrected chi connectivity index (χ1v) is 5.81. The van der Waals surface area contributed by atoms with E-state index in [0.29, 0.717) is 10.8 Å². The van der Waals surface area contributed by atoms with Gasteiger partial charge in [-0.2, -0.15) is 0 Å². The number of aliphatic carboxylic acids is 1. The number of hydrogen-bond donors (Lipinski definition) is 2. The third-order valence-corrected chi connectivity index (χ3v) is 2.48. The quantitative estimate of drug-likeness (QED) is 0.779. The van der Waals surface area contributed by atoms with Crippen LogP contribution in [0.5, 0.6) is 5.75 Å². The van der Waals surface area contributed by atoms with Gasteiger partial charge in [-0.15, -0.1) is 0 Å². The predicted molar refractivity (Wildman–Crippen MR) is 68.4 cm³/mol. The number of carboxylic acid groups (broad SMARTS) is 1. The molecular formula is C12H14ClNO5. The molecule has 0 heterocycles. The molecule has 1 atom stereocenters. The van der Waals surface area contributed by atoms with Gasteiger partial charge in [-0.25, -0.2) is 4.79 Å². The van der Waals surface area contributed by atoms with Crippen LogP contribution in [-0.2, 0) is 14.3 Å². The summed E-state index contributed by atoms with van der Waals surface area (Å²) in [5, 5.41) is 11.7. The first kappa shape index (κ1) is 15.3. The van der Waals surface area contributed by atoms with E-state index in [-0.39, 0.29) is 13.2 Å². The Morgan fingerprint density at radius 2 is 2.00 bits per heavy atom. The van der Waals surface area contributed by atoms with E-state index < -0.39 is 18.0 Å². The summed E-state index contributed by atoms with van der Waals surface area (Å²) in [6.45, 7) is -0.327. The Morgan fingerprint density at radius 1 is 1.37 bits per heavy atom. The predicted octanol–water partition coefficient (Wildman–Crippen LogP) is 0.935. The van der Waals surface area contributed by atoms with Crippen LogP contribution in [0, 0.1) is 0 Å². The van der Waals surface area contributed by atoms with Crippen molar-refractivity contribution in [3.63, 3.8) is 0 Å². The molecule has 1 amide bonds. The number of nitrogens with one attached hydrogen (secondary N) is 1. The zero-order chi connectivity index (χ0) is 14.3. The van der Waals surface area contributed by atoms with Gasteiger partial charge in [0.1, 0.15) is 5.75 Å². The van der Waals surface area contributed by atoms with E-state index in [0.717, 1.165) is 0 Å². The molecular weight excluding hydrogens is 274 g/mol. The molecule has 1 aromatic carbocycles. The Balaban J connectivity index is 2.31. The van der Waals surface area contributed by atoms with Crippen LogP contribution < -0.4 is 10.1 Å². The minimum atomic E-state index is -1.14. The van der Waals surface area contributed by atoms with Gasteiger partial charge in [0.2, 0.25) is 0 Å². The molecule has 0 radical (unpaired) electrons. The third kappa shape index (κ3) is 5.58. The first-order chi connectivity index (χ1) is 9.02. The maximum absolute atomic E-state index is 11.4. The van der Waals surface area contributed by atoms with E-state index in [2.05, 4.69) is 10.1 Å². The zero-order valence-corrected chi connectivity index (χ0v) is 11.0. The van der Waals surface area contributed by atoms with Crippen LogP contribution in [0.4, 0.5) is 0 Å². The van der Waals surface area contributed by atoms with Crippen LogP contribution in [-0.4, -0.2) is 43.3 Å². The minimum absolute atomic E-state index is 0.116. The lowest BCUT2D eigenvalue weighted by atomic mass is 10.3. The van der Waals surface area contributed by atoms with Crippen molar-refractivity contribution < 1.29 is 24.2 Å². The summed E-state index contributed by atoms with van der Waals surface area (Å²) < 4.78 is 9.86. The Kier molecular flexibility index (Phi) is 6.11. The van der Waals surface area contributed by atoms with Crippen molar-refractivity contribution >= 4 is 23.5 Å². The molecule has 19 heavy (non-hydrogen) atoms. The van der Waals surface area contributed by atoms with Crippen molar-refractivity contribution in [2.45, 2.75) is 6.10 Å². The molecule has 2 N–H and O–H groups in total. The van der Waals surface area contributed by atoms with E-state index in [9.17, 15) is 9.59 Å². The van der Waals surface area contributed by atoms with Gasteiger partial charge >= 0.3 is 5.97 Å². The molecule has 104 valence electrons. The fourth-order valence-corrected chi connectivity index (χ4v) is 1.33. The number of carbonyl (C=O) groups is 2. The summed E-state index contributed by atoms with van der Waals surface area (Å²) in [7, 11) is 1.26. The molecule has 0 fully saturated rings. The normalized spacial score (nSPS) is 11.7. The SMILES string of the molecule is COC(CNC(=O)COc1ccc(Cl)cc1)C(=O)O. The number of rotatable bonds is 7. The van der Waals surface area contributed by atoms with Crippen LogP contribution in [0.1, 0.15) is 0 Å². The molecule has 0 saturated carbocycles. The molecule has 1 aromatic rings. The van der Waals surface area contributed by atoms with Gasteiger partial charge in [0.25, 0.3) is 5.91 Å². The molecule has 1 rings (SSSR count). The van der Waals surface area contributed by atoms with Gasteiger partial charge in [0.05, 0.1) is 6.54 Å². The van der Waals surface area contributed by atoms with Crippen LogP contribution in [0.3, 0.4) is 0 Å². The molecule has 0 aliphatic rings. The lowest BCUT2D eigenvalue weighted by Crippen LogP contribution is -2.39. The van der Waals surface area contributed by atoms with Crippen molar-refractivity contribution in [1.29, 1.82) is 0 Å². The number of amides is 1. The Bertz CT molecular complexity index is 434. The fourth-order valence-electron chi connectivity index (χ4n) is 1.21. The number of carbonyl (C=O) groups excluding carboxylic acids is 1. The molecule has 7 heteroatoms. The number of benzene rings is 1. The minimum Gasteiger partial charge on any atom is -0.484 e. The monoisotopic (exact) mass is 287 g/mol. The molecule has 0 spiro atoms. The largest absolute Gasteiger partial charge is 0.484 e. The average molecular weight is 288 g/mol. The standard InChI is InChI=1S/C12H14ClNO5/c1-18-10(12(16)17)6-14-11(15)7-19-9-4-2-8(13)3-5-9/h2-5,10H,6-7H2,1H3,(H,14,15)(H,16,17). The summed E-state index contributed by atoms with van der Waals surface area (Å²) in [5.74, 6) is -1.07. The summed E-state index contributed by atoms with van der Waals surface area (Å²) in [5.41, 5.74) is 0. The van der Waals surface area contributed by atoms with Gasteiger partial charge in [-0.1, -0.05) is 11.6 Å². The molecule has 0 bridgehead atoms. The maximum atomic E-state index is 11.4. The summed E-state index contributed by atoms with van der Waals surface area (Å²) >= 11 is 5.70. The molecule has 6 nitrogen and oxygen atoms in total. The highest BCUT2D eigenvalue weighted by Gasteiger charge is 2.17. The van der Waals surface area contributed by atoms with Gasteiger partial charge in [0, 0.05) is 12.1 Å². The Morgan fingerprint density at radius 3 is 2.53 bits per heavy atom. The maximum Gasteiger partial charge on any atom is 0.334 e. The molecule has 0 saturated heterocycles. The highest BCUT2D eigenvalue weighted by molar-refractivity contribution is 6.30. The van der Waals surface area contributed by atoms with Crippen LogP contribution >= 0.6 is 11.6 Å². The molecule has 0 aliphatic carbocycles. The molecule has 1 unspecified atom stereocenters. The van der Waals surface area contributed by atoms with Crippen LogP contribution in [0.2, 0.25) is 5.02 Å². The highest BCUT2D eigenvalue weighted by atomic mass is 35.5. The lowest BCUT2D eigenvalue weighted by molar-refractivity contribution is -0.148. The Hall–Kier alpha value is -1.79. The van der Waals surface area contributed by atoms with Gasteiger partial charge in [-0.05, 0) is 24.3 Å². The average Bonchev–Trinajstić information content (AvgIpc) is 2.38. The number of ether oxygens (including phenoxy) is 2. The van der Waals surface area contributed by atoms with Crippen molar-refractivity contribution in [3.8, 4) is 5.75 Å². The third-order valence-electron chi connectivity index (χ3n) is 2.23. The second kappa shape index (κ2) is 7.60. The van der Waals surface area contributed by atoms with Gasteiger partial charge in [-0.3, -0.25) is 4.79 Å². The van der Waals surface area contributed by atoms with E-state index in [1.165, 1.54) is 7.11 Å². The second-order valence-electron chi connectivity index (χ2n) is 3.61. The van der Waals surface area contributed by atoms with Gasteiger partial charge < -0.3 is 19.9 Å². The van der Waals surface area contributed by atoms with E-state index in [4.69, 9.17) is 21.4 Å². The molecule has 0 aromatic heterocycles. The Labute approximate surface area is 115 Å². The smallest absolute Gasteiger partial charge is 0.334 e. The van der Waals surface area contributed by atoms with E-state index in [1.807, 2.05) is 0 Å². The summed E-state index contributed by atoms with van der Waals surface area (Å²) in [6, 6.07) is 6.54. The van der Waals surface area contributed by atoms with Crippen molar-refractivity contribution in [3.05, 3.63) is 29.3 Å². The number of halogens is 1.